The van der Waals surface area contributed by atoms with Crippen LogP contribution in [-0.2, 0) is 0 Å². The van der Waals surface area contributed by atoms with E-state index in [1.807, 2.05) is 6.92 Å². The van der Waals surface area contributed by atoms with Crippen molar-refractivity contribution in [3.05, 3.63) is 0 Å². The van der Waals surface area contributed by atoms with Crippen LogP contribution in [0.3, 0.4) is 0 Å². The minimum Gasteiger partial charge on any atom is -0.363 e. The molecule has 0 aromatic heterocycles. The van der Waals surface area contributed by atoms with Crippen LogP contribution < -0.4 is 10.6 Å². The molecule has 2 N–H and O–H groups in total. The molecule has 0 bridgehead atoms. The summed E-state index contributed by atoms with van der Waals surface area (Å²) in [5.74, 6) is 0.743. The van der Waals surface area contributed by atoms with Crippen LogP contribution in [0.2, 0.25) is 0 Å². The van der Waals surface area contributed by atoms with E-state index < -0.39 is 0 Å². The third-order valence-corrected chi connectivity index (χ3v) is 1.63. The van der Waals surface area contributed by atoms with E-state index in [9.17, 15) is 0 Å². The molecule has 0 aliphatic heterocycles. The average molecular weight is 174 g/mol. The molecule has 0 radical (unpaired) electrons. The minimum atomic E-state index is 0.743. The quantitative estimate of drug-likeness (QED) is 0.632. The van der Waals surface area contributed by atoms with Crippen molar-refractivity contribution in [1.82, 2.24) is 10.6 Å². The van der Waals surface area contributed by atoms with Gasteiger partial charge in [0.1, 0.15) is 0 Å². The second kappa shape index (κ2) is 6.40. The number of hydrogen-bond donors (Lipinski definition) is 2. The highest BCUT2D eigenvalue weighted by atomic mass is 32.1. The van der Waals surface area contributed by atoms with Crippen LogP contribution >= 0.6 is 12.2 Å². The standard InChI is InChI=1S/C8H18N2S/c1-4-9-8(11)10-6-5-7(2)3/h7H,4-6H2,1-3H3,(H2,9,10,11). The van der Waals surface area contributed by atoms with Gasteiger partial charge in [0.05, 0.1) is 0 Å². The van der Waals surface area contributed by atoms with Crippen molar-refractivity contribution in [1.29, 1.82) is 0 Å². The lowest BCUT2D eigenvalue weighted by atomic mass is 10.1. The number of thiocarbonyl (C=S) groups is 1. The van der Waals surface area contributed by atoms with E-state index in [1.165, 1.54) is 6.42 Å². The normalized spacial score (nSPS) is 9.82. The number of rotatable bonds is 4. The first-order chi connectivity index (χ1) is 5.16. The van der Waals surface area contributed by atoms with E-state index in [0.717, 1.165) is 24.1 Å². The lowest BCUT2D eigenvalue weighted by Crippen LogP contribution is -2.35. The molecule has 66 valence electrons. The van der Waals surface area contributed by atoms with Crippen LogP contribution in [-0.4, -0.2) is 18.2 Å². The Labute approximate surface area is 74.8 Å². The van der Waals surface area contributed by atoms with Crippen LogP contribution in [0.25, 0.3) is 0 Å². The lowest BCUT2D eigenvalue weighted by Gasteiger charge is -2.09. The molecule has 0 aliphatic carbocycles. The van der Waals surface area contributed by atoms with Gasteiger partial charge in [-0.2, -0.15) is 0 Å². The molecule has 0 fully saturated rings. The van der Waals surface area contributed by atoms with Gasteiger partial charge < -0.3 is 10.6 Å². The predicted octanol–water partition coefficient (Wildman–Crippen LogP) is 1.52. The largest absolute Gasteiger partial charge is 0.363 e. The van der Waals surface area contributed by atoms with Crippen LogP contribution in [0.1, 0.15) is 27.2 Å². The summed E-state index contributed by atoms with van der Waals surface area (Å²) in [5.41, 5.74) is 0. The van der Waals surface area contributed by atoms with Gasteiger partial charge in [0.25, 0.3) is 0 Å². The van der Waals surface area contributed by atoms with Crippen molar-refractivity contribution >= 4 is 17.3 Å². The van der Waals surface area contributed by atoms with Gasteiger partial charge in [-0.05, 0) is 31.5 Å². The molecule has 11 heavy (non-hydrogen) atoms. The van der Waals surface area contributed by atoms with Gasteiger partial charge in [0, 0.05) is 13.1 Å². The Hall–Kier alpha value is -0.310. The molecule has 0 amide bonds. The van der Waals surface area contributed by atoms with Crippen LogP contribution in [0.5, 0.6) is 0 Å². The summed E-state index contributed by atoms with van der Waals surface area (Å²) in [4.78, 5) is 0. The zero-order chi connectivity index (χ0) is 8.69. The summed E-state index contributed by atoms with van der Waals surface area (Å²) in [6, 6.07) is 0. The molecule has 0 saturated carbocycles. The molecular weight excluding hydrogens is 156 g/mol. The molecule has 0 rings (SSSR count). The smallest absolute Gasteiger partial charge is 0.166 e. The molecule has 0 aliphatic rings. The van der Waals surface area contributed by atoms with E-state index >= 15 is 0 Å². The van der Waals surface area contributed by atoms with Crippen molar-refractivity contribution in [2.45, 2.75) is 27.2 Å². The molecular formula is C8H18N2S. The molecule has 0 atom stereocenters. The topological polar surface area (TPSA) is 24.1 Å². The molecule has 2 nitrogen and oxygen atoms in total. The minimum absolute atomic E-state index is 0.743. The van der Waals surface area contributed by atoms with Crippen LogP contribution in [0.4, 0.5) is 0 Å². The van der Waals surface area contributed by atoms with Gasteiger partial charge in [-0.25, -0.2) is 0 Å². The van der Waals surface area contributed by atoms with Gasteiger partial charge in [-0.3, -0.25) is 0 Å². The maximum Gasteiger partial charge on any atom is 0.166 e. The third kappa shape index (κ3) is 7.59. The zero-order valence-electron chi connectivity index (χ0n) is 7.61. The molecule has 3 heteroatoms. The second-order valence-electron chi connectivity index (χ2n) is 2.97. The van der Waals surface area contributed by atoms with Crippen LogP contribution in [0.15, 0.2) is 0 Å². The Balaban J connectivity index is 3.17. The second-order valence-corrected chi connectivity index (χ2v) is 3.38. The number of nitrogens with one attached hydrogen (secondary N) is 2. The Morgan fingerprint density at radius 3 is 2.45 bits per heavy atom. The summed E-state index contributed by atoms with van der Waals surface area (Å²) >= 11 is 4.98. The highest BCUT2D eigenvalue weighted by molar-refractivity contribution is 7.80. The first-order valence-corrected chi connectivity index (χ1v) is 4.59. The summed E-state index contributed by atoms with van der Waals surface area (Å²) in [7, 11) is 0. The van der Waals surface area contributed by atoms with Crippen molar-refractivity contribution in [2.24, 2.45) is 5.92 Å². The summed E-state index contributed by atoms with van der Waals surface area (Å²) in [6.07, 6.45) is 1.17. The Bertz CT molecular complexity index is 113. The van der Waals surface area contributed by atoms with E-state index in [0.29, 0.717) is 0 Å². The Morgan fingerprint density at radius 2 is 2.00 bits per heavy atom. The summed E-state index contributed by atoms with van der Waals surface area (Å²) in [5, 5.41) is 6.95. The molecule has 0 aromatic rings. The maximum atomic E-state index is 4.98. The van der Waals surface area contributed by atoms with Gasteiger partial charge >= 0.3 is 0 Å². The Kier molecular flexibility index (Phi) is 6.22. The Morgan fingerprint density at radius 1 is 1.36 bits per heavy atom. The van der Waals surface area contributed by atoms with Gasteiger partial charge in [0.2, 0.25) is 0 Å². The first kappa shape index (κ1) is 10.7. The fourth-order valence-electron chi connectivity index (χ4n) is 0.697. The van der Waals surface area contributed by atoms with Crippen molar-refractivity contribution in [3.63, 3.8) is 0 Å². The summed E-state index contributed by atoms with van der Waals surface area (Å²) in [6.45, 7) is 8.32. The highest BCUT2D eigenvalue weighted by Crippen LogP contribution is 1.95. The zero-order valence-corrected chi connectivity index (χ0v) is 8.42. The fourth-order valence-corrected chi connectivity index (χ4v) is 0.944. The van der Waals surface area contributed by atoms with E-state index in [1.54, 1.807) is 0 Å². The third-order valence-electron chi connectivity index (χ3n) is 1.34. The fraction of sp³-hybridized carbons (Fsp3) is 0.875. The molecule has 0 spiro atoms. The van der Waals surface area contributed by atoms with E-state index in [4.69, 9.17) is 12.2 Å². The maximum absolute atomic E-state index is 4.98. The van der Waals surface area contributed by atoms with E-state index in [-0.39, 0.29) is 0 Å². The SMILES string of the molecule is CCNC(=S)NCCC(C)C. The monoisotopic (exact) mass is 174 g/mol. The lowest BCUT2D eigenvalue weighted by molar-refractivity contribution is 0.576. The van der Waals surface area contributed by atoms with Crippen molar-refractivity contribution in [3.8, 4) is 0 Å². The van der Waals surface area contributed by atoms with Crippen LogP contribution in [0, 0.1) is 5.92 Å². The molecule has 0 saturated heterocycles. The van der Waals surface area contributed by atoms with Gasteiger partial charge in [-0.1, -0.05) is 13.8 Å². The summed E-state index contributed by atoms with van der Waals surface area (Å²) < 4.78 is 0. The predicted molar refractivity (Wildman–Crippen MR) is 53.7 cm³/mol. The highest BCUT2D eigenvalue weighted by Gasteiger charge is 1.94. The first-order valence-electron chi connectivity index (χ1n) is 4.18. The van der Waals surface area contributed by atoms with Crippen molar-refractivity contribution < 1.29 is 0 Å². The molecule has 0 heterocycles. The van der Waals surface area contributed by atoms with Gasteiger partial charge in [-0.15, -0.1) is 0 Å². The molecule has 0 aromatic carbocycles. The molecule has 0 unspecified atom stereocenters. The van der Waals surface area contributed by atoms with Crippen molar-refractivity contribution in [2.75, 3.05) is 13.1 Å². The van der Waals surface area contributed by atoms with Gasteiger partial charge in [0.15, 0.2) is 5.11 Å². The average Bonchev–Trinajstić information content (AvgIpc) is 1.87. The number of hydrogen-bond acceptors (Lipinski definition) is 1. The van der Waals surface area contributed by atoms with E-state index in [2.05, 4.69) is 24.5 Å².